The number of aryl methyl sites for hydroxylation is 1. The minimum atomic E-state index is -2.85. The third-order valence-corrected chi connectivity index (χ3v) is 2.55. The number of amidine groups is 1. The highest BCUT2D eigenvalue weighted by molar-refractivity contribution is 8.13. The number of rotatable bonds is 3. The molecule has 1 N–H and O–H groups in total. The van der Waals surface area contributed by atoms with Crippen molar-refractivity contribution in [2.75, 3.05) is 6.26 Å². The Kier molecular flexibility index (Phi) is 5.39. The van der Waals surface area contributed by atoms with Gasteiger partial charge in [-0.25, -0.2) is 4.99 Å². The summed E-state index contributed by atoms with van der Waals surface area (Å²) >= 11 is 1.28. The van der Waals surface area contributed by atoms with Crippen molar-refractivity contribution in [1.29, 1.82) is 5.26 Å². The number of benzene rings is 1. The lowest BCUT2D eigenvalue weighted by atomic mass is 10.2. The lowest BCUT2D eigenvalue weighted by Gasteiger charge is -2.07. The Labute approximate surface area is 108 Å². The average Bonchev–Trinajstić information content (AvgIpc) is 2.30. The Morgan fingerprint density at radius 1 is 1.56 bits per heavy atom. The van der Waals surface area contributed by atoms with Crippen molar-refractivity contribution in [2.24, 2.45) is 4.99 Å². The molecule has 0 atom stereocenters. The normalized spacial score (nSPS) is 11.2. The predicted molar refractivity (Wildman–Crippen MR) is 67.2 cm³/mol. The molecule has 0 aliphatic carbocycles. The van der Waals surface area contributed by atoms with Crippen LogP contribution in [0.5, 0.6) is 5.75 Å². The number of nitriles is 1. The molecule has 0 spiro atoms. The fourth-order valence-corrected chi connectivity index (χ4v) is 1.55. The smallest absolute Gasteiger partial charge is 0.387 e. The monoisotopic (exact) mass is 271 g/mol. The number of aliphatic imine (C=N–C) groups is 1. The van der Waals surface area contributed by atoms with Crippen LogP contribution in [-0.4, -0.2) is 18.0 Å². The first-order chi connectivity index (χ1) is 8.56. The van der Waals surface area contributed by atoms with Gasteiger partial charge in [-0.2, -0.15) is 14.0 Å². The Balaban J connectivity index is 2.95. The summed E-state index contributed by atoms with van der Waals surface area (Å²) in [7, 11) is 0. The second-order valence-electron chi connectivity index (χ2n) is 3.18. The number of hydrogen-bond acceptors (Lipinski definition) is 4. The van der Waals surface area contributed by atoms with Crippen LogP contribution in [0, 0.1) is 18.4 Å². The molecule has 0 unspecified atom stereocenters. The molecule has 7 heteroatoms. The van der Waals surface area contributed by atoms with Gasteiger partial charge < -0.3 is 4.74 Å². The van der Waals surface area contributed by atoms with Crippen molar-refractivity contribution in [3.05, 3.63) is 23.8 Å². The molecule has 0 aliphatic heterocycles. The quantitative estimate of drug-likeness (QED) is 0.397. The number of hydrogen-bond donors (Lipinski definition) is 1. The van der Waals surface area contributed by atoms with E-state index in [1.807, 2.05) is 0 Å². The molecule has 0 bridgehead atoms. The van der Waals surface area contributed by atoms with Crippen molar-refractivity contribution in [3.63, 3.8) is 0 Å². The summed E-state index contributed by atoms with van der Waals surface area (Å²) in [4.78, 5) is 4.19. The first kappa shape index (κ1) is 14.3. The number of halogens is 2. The fourth-order valence-electron chi connectivity index (χ4n) is 1.21. The number of ether oxygens (including phenoxy) is 1. The number of nitrogens with one attached hydrogen (secondary N) is 1. The van der Waals surface area contributed by atoms with Gasteiger partial charge in [0.05, 0.1) is 5.69 Å². The topological polar surface area (TPSA) is 57.4 Å². The van der Waals surface area contributed by atoms with E-state index in [-0.39, 0.29) is 5.75 Å². The summed E-state index contributed by atoms with van der Waals surface area (Å²) in [5.74, 6) is 0.0837. The van der Waals surface area contributed by atoms with Gasteiger partial charge >= 0.3 is 6.61 Å². The minimum absolute atomic E-state index is 0.0837. The standard InChI is InChI=1S/C11H11F2N3OS/c1-7-5-8(17-10(12)13)3-4-9(7)16-11(18-2)15-6-14/h3-5,10H,1-2H3,(H,15,16). The third-order valence-electron chi connectivity index (χ3n) is 1.97. The zero-order valence-corrected chi connectivity index (χ0v) is 10.6. The molecular weight excluding hydrogens is 260 g/mol. The van der Waals surface area contributed by atoms with Gasteiger partial charge in [-0.1, -0.05) is 11.8 Å². The molecular formula is C11H11F2N3OS. The first-order valence-corrected chi connectivity index (χ1v) is 6.12. The van der Waals surface area contributed by atoms with Crippen LogP contribution in [0.3, 0.4) is 0 Å². The van der Waals surface area contributed by atoms with Gasteiger partial charge in [0.15, 0.2) is 11.4 Å². The van der Waals surface area contributed by atoms with E-state index in [9.17, 15) is 8.78 Å². The maximum atomic E-state index is 12.0. The van der Waals surface area contributed by atoms with Gasteiger partial charge in [-0.3, -0.25) is 5.32 Å². The highest BCUT2D eigenvalue weighted by atomic mass is 32.2. The van der Waals surface area contributed by atoms with E-state index in [0.29, 0.717) is 16.4 Å². The van der Waals surface area contributed by atoms with Gasteiger partial charge in [-0.15, -0.1) is 0 Å². The van der Waals surface area contributed by atoms with Crippen LogP contribution in [0.2, 0.25) is 0 Å². The van der Waals surface area contributed by atoms with Gasteiger partial charge in [0.2, 0.25) is 0 Å². The summed E-state index contributed by atoms with van der Waals surface area (Å²) in [5, 5.41) is 11.4. The van der Waals surface area contributed by atoms with Gasteiger partial charge in [0.25, 0.3) is 0 Å². The highest BCUT2D eigenvalue weighted by Crippen LogP contribution is 2.25. The molecule has 1 aromatic rings. The SMILES string of the molecule is CSC(=Nc1ccc(OC(F)F)cc1C)NC#N. The van der Waals surface area contributed by atoms with Crippen LogP contribution in [0.1, 0.15) is 5.56 Å². The van der Waals surface area contributed by atoms with Crippen LogP contribution in [0.25, 0.3) is 0 Å². The maximum absolute atomic E-state index is 12.0. The predicted octanol–water partition coefficient (Wildman–Crippen LogP) is 3.02. The molecule has 1 aromatic carbocycles. The molecule has 0 amide bonds. The van der Waals surface area contributed by atoms with Gasteiger partial charge in [0, 0.05) is 0 Å². The summed E-state index contributed by atoms with van der Waals surface area (Å²) in [6.07, 6.45) is 3.54. The van der Waals surface area contributed by atoms with E-state index in [0.717, 1.165) is 0 Å². The lowest BCUT2D eigenvalue weighted by Crippen LogP contribution is -2.12. The molecule has 4 nitrogen and oxygen atoms in total. The Hall–Kier alpha value is -1.81. The molecule has 1 rings (SSSR count). The van der Waals surface area contributed by atoms with Crippen molar-refractivity contribution < 1.29 is 13.5 Å². The van der Waals surface area contributed by atoms with Crippen molar-refractivity contribution >= 4 is 22.6 Å². The molecule has 0 aliphatic rings. The molecule has 96 valence electrons. The van der Waals surface area contributed by atoms with Crippen LogP contribution in [0.4, 0.5) is 14.5 Å². The summed E-state index contributed by atoms with van der Waals surface area (Å²) < 4.78 is 28.3. The molecule has 0 saturated heterocycles. The largest absolute Gasteiger partial charge is 0.435 e. The van der Waals surface area contributed by atoms with E-state index >= 15 is 0 Å². The van der Waals surface area contributed by atoms with Crippen LogP contribution in [-0.2, 0) is 0 Å². The molecule has 0 saturated carbocycles. The maximum Gasteiger partial charge on any atom is 0.387 e. The van der Waals surface area contributed by atoms with Crippen LogP contribution in [0.15, 0.2) is 23.2 Å². The second kappa shape index (κ2) is 6.81. The zero-order chi connectivity index (χ0) is 13.5. The third kappa shape index (κ3) is 4.22. The van der Waals surface area contributed by atoms with Crippen LogP contribution < -0.4 is 10.1 Å². The fraction of sp³-hybridized carbons (Fsp3) is 0.273. The average molecular weight is 271 g/mol. The summed E-state index contributed by atoms with van der Waals surface area (Å²) in [5.41, 5.74) is 1.27. The lowest BCUT2D eigenvalue weighted by molar-refractivity contribution is -0.0498. The Morgan fingerprint density at radius 2 is 2.28 bits per heavy atom. The van der Waals surface area contributed by atoms with E-state index in [1.54, 1.807) is 25.4 Å². The van der Waals surface area contributed by atoms with E-state index < -0.39 is 6.61 Å². The van der Waals surface area contributed by atoms with Crippen LogP contribution >= 0.6 is 11.8 Å². The second-order valence-corrected chi connectivity index (χ2v) is 3.98. The number of nitrogens with zero attached hydrogens (tertiary/aromatic N) is 2. The summed E-state index contributed by atoms with van der Waals surface area (Å²) in [6, 6.07) is 4.43. The molecule has 0 radical (unpaired) electrons. The first-order valence-electron chi connectivity index (χ1n) is 4.90. The van der Waals surface area contributed by atoms with E-state index in [1.165, 1.54) is 23.9 Å². The number of alkyl halides is 2. The van der Waals surface area contributed by atoms with Crippen molar-refractivity contribution in [1.82, 2.24) is 5.32 Å². The van der Waals surface area contributed by atoms with Gasteiger partial charge in [-0.05, 0) is 36.9 Å². The minimum Gasteiger partial charge on any atom is -0.435 e. The van der Waals surface area contributed by atoms with E-state index in [2.05, 4.69) is 15.0 Å². The molecule has 18 heavy (non-hydrogen) atoms. The highest BCUT2D eigenvalue weighted by Gasteiger charge is 2.06. The summed E-state index contributed by atoms with van der Waals surface area (Å²) in [6.45, 7) is -1.12. The van der Waals surface area contributed by atoms with E-state index in [4.69, 9.17) is 5.26 Å². The molecule has 0 fully saturated rings. The Morgan fingerprint density at radius 3 is 2.78 bits per heavy atom. The molecule has 0 aromatic heterocycles. The van der Waals surface area contributed by atoms with Gasteiger partial charge in [0.1, 0.15) is 5.75 Å². The molecule has 0 heterocycles. The van der Waals surface area contributed by atoms with Crippen molar-refractivity contribution in [2.45, 2.75) is 13.5 Å². The number of thioether (sulfide) groups is 1. The Bertz CT molecular complexity index is 486. The van der Waals surface area contributed by atoms with Crippen molar-refractivity contribution in [3.8, 4) is 11.9 Å². The zero-order valence-electron chi connectivity index (χ0n) is 9.78.